The number of nitrogens with zero attached hydrogens (tertiary/aromatic N) is 1. The number of ether oxygens (including phenoxy) is 1. The summed E-state index contributed by atoms with van der Waals surface area (Å²) in [6.45, 7) is 14.1. The van der Waals surface area contributed by atoms with E-state index >= 15 is 0 Å². The van der Waals surface area contributed by atoms with E-state index in [4.69, 9.17) is 4.74 Å². The number of hydrogen-bond acceptors (Lipinski definition) is 3. The summed E-state index contributed by atoms with van der Waals surface area (Å²) in [7, 11) is 2.08. The predicted octanol–water partition coefficient (Wildman–Crippen LogP) is 3.60. The molecule has 4 nitrogen and oxygen atoms in total. The number of amides is 1. The molecule has 1 aromatic carbocycles. The largest absolute Gasteiger partial charge is 0.481 e. The molecule has 0 aliphatic rings. The summed E-state index contributed by atoms with van der Waals surface area (Å²) < 4.78 is 5.74. The van der Waals surface area contributed by atoms with E-state index in [1.54, 1.807) is 6.92 Å². The van der Waals surface area contributed by atoms with Crippen molar-refractivity contribution in [3.8, 4) is 5.75 Å². The van der Waals surface area contributed by atoms with Gasteiger partial charge in [0.1, 0.15) is 5.75 Å². The molecule has 2 atom stereocenters. The van der Waals surface area contributed by atoms with Crippen molar-refractivity contribution in [2.24, 2.45) is 0 Å². The molecule has 0 spiro atoms. The highest BCUT2D eigenvalue weighted by molar-refractivity contribution is 5.80. The topological polar surface area (TPSA) is 41.6 Å². The summed E-state index contributed by atoms with van der Waals surface area (Å²) in [5.74, 6) is 0.648. The Bertz CT molecular complexity index is 505. The van der Waals surface area contributed by atoms with Crippen LogP contribution < -0.4 is 10.1 Å². The summed E-state index contributed by atoms with van der Waals surface area (Å²) in [6, 6.07) is 8.50. The lowest BCUT2D eigenvalue weighted by atomic mass is 9.87. The maximum atomic E-state index is 12.1. The van der Waals surface area contributed by atoms with Crippen molar-refractivity contribution in [1.29, 1.82) is 0 Å². The molecule has 1 aromatic rings. The number of benzene rings is 1. The van der Waals surface area contributed by atoms with Crippen LogP contribution in [0.1, 0.15) is 53.5 Å². The fraction of sp³-hybridized carbons (Fsp3) is 0.650. The number of rotatable bonds is 8. The van der Waals surface area contributed by atoms with E-state index in [2.05, 4.69) is 64.0 Å². The SMILES string of the molecule is CC[C@H](C)N(C)CCNC(=O)[C@@H](C)Oc1ccc(C(C)(C)C)cc1. The quantitative estimate of drug-likeness (QED) is 0.790. The van der Waals surface area contributed by atoms with Gasteiger partial charge in [-0.2, -0.15) is 0 Å². The van der Waals surface area contributed by atoms with Crippen LogP contribution in [0.2, 0.25) is 0 Å². The summed E-state index contributed by atoms with van der Waals surface area (Å²) in [5, 5.41) is 2.94. The third kappa shape index (κ3) is 6.52. The molecular weight excluding hydrogens is 300 g/mol. The third-order valence-corrected chi connectivity index (χ3v) is 4.51. The molecule has 0 unspecified atom stereocenters. The molecule has 0 aliphatic carbocycles. The predicted molar refractivity (Wildman–Crippen MR) is 101 cm³/mol. The zero-order valence-corrected chi connectivity index (χ0v) is 16.3. The zero-order chi connectivity index (χ0) is 18.3. The lowest BCUT2D eigenvalue weighted by molar-refractivity contribution is -0.127. The van der Waals surface area contributed by atoms with Gasteiger partial charge in [-0.3, -0.25) is 4.79 Å². The number of likely N-dealkylation sites (N-methyl/N-ethyl adjacent to an activating group) is 1. The first-order valence-corrected chi connectivity index (χ1v) is 8.90. The van der Waals surface area contributed by atoms with Crippen molar-refractivity contribution >= 4 is 5.91 Å². The van der Waals surface area contributed by atoms with Crippen molar-refractivity contribution in [1.82, 2.24) is 10.2 Å². The molecule has 0 aliphatic heterocycles. The number of carbonyl (C=O) groups excluding carboxylic acids is 1. The molecule has 1 N–H and O–H groups in total. The molecule has 1 amide bonds. The molecule has 0 heterocycles. The lowest BCUT2D eigenvalue weighted by Gasteiger charge is -2.24. The molecule has 0 fully saturated rings. The molecule has 0 bridgehead atoms. The molecule has 24 heavy (non-hydrogen) atoms. The van der Waals surface area contributed by atoms with Gasteiger partial charge in [0.25, 0.3) is 5.91 Å². The van der Waals surface area contributed by atoms with E-state index in [0.29, 0.717) is 12.6 Å². The van der Waals surface area contributed by atoms with Crippen LogP contribution in [0, 0.1) is 0 Å². The van der Waals surface area contributed by atoms with Crippen molar-refractivity contribution in [3.63, 3.8) is 0 Å². The molecule has 136 valence electrons. The lowest BCUT2D eigenvalue weighted by Crippen LogP contribution is -2.41. The Hall–Kier alpha value is -1.55. The van der Waals surface area contributed by atoms with Gasteiger partial charge >= 0.3 is 0 Å². The molecule has 0 saturated carbocycles. The Balaban J connectivity index is 2.44. The second-order valence-corrected chi connectivity index (χ2v) is 7.56. The summed E-state index contributed by atoms with van der Waals surface area (Å²) in [4.78, 5) is 14.4. The molecule has 4 heteroatoms. The molecule has 0 saturated heterocycles. The van der Waals surface area contributed by atoms with Gasteiger partial charge in [0, 0.05) is 19.1 Å². The minimum Gasteiger partial charge on any atom is -0.481 e. The first kappa shape index (κ1) is 20.5. The van der Waals surface area contributed by atoms with Crippen LogP contribution >= 0.6 is 0 Å². The Morgan fingerprint density at radius 2 is 1.79 bits per heavy atom. The summed E-state index contributed by atoms with van der Waals surface area (Å²) in [5.41, 5.74) is 1.36. The van der Waals surface area contributed by atoms with E-state index in [0.717, 1.165) is 18.7 Å². The molecule has 1 rings (SSSR count). The Morgan fingerprint density at radius 3 is 2.29 bits per heavy atom. The van der Waals surface area contributed by atoms with Crippen LogP contribution in [0.3, 0.4) is 0 Å². The Labute approximate surface area is 147 Å². The van der Waals surface area contributed by atoms with Gasteiger partial charge in [-0.25, -0.2) is 0 Å². The van der Waals surface area contributed by atoms with Crippen molar-refractivity contribution in [3.05, 3.63) is 29.8 Å². The first-order valence-electron chi connectivity index (χ1n) is 8.90. The number of nitrogens with one attached hydrogen (secondary N) is 1. The number of carbonyl (C=O) groups is 1. The monoisotopic (exact) mass is 334 g/mol. The maximum Gasteiger partial charge on any atom is 0.260 e. The van der Waals surface area contributed by atoms with Gasteiger partial charge in [-0.1, -0.05) is 39.8 Å². The minimum atomic E-state index is -0.501. The van der Waals surface area contributed by atoms with Crippen LogP contribution in [0.4, 0.5) is 0 Å². The second-order valence-electron chi connectivity index (χ2n) is 7.56. The third-order valence-electron chi connectivity index (χ3n) is 4.51. The highest BCUT2D eigenvalue weighted by Crippen LogP contribution is 2.24. The van der Waals surface area contributed by atoms with E-state index < -0.39 is 6.10 Å². The smallest absolute Gasteiger partial charge is 0.260 e. The molecule has 0 aromatic heterocycles. The zero-order valence-electron chi connectivity index (χ0n) is 16.3. The van der Waals surface area contributed by atoms with Crippen molar-refractivity contribution < 1.29 is 9.53 Å². The molecule has 0 radical (unpaired) electrons. The fourth-order valence-corrected chi connectivity index (χ4v) is 2.32. The Morgan fingerprint density at radius 1 is 1.21 bits per heavy atom. The average molecular weight is 335 g/mol. The van der Waals surface area contributed by atoms with Gasteiger partial charge in [0.05, 0.1) is 0 Å². The van der Waals surface area contributed by atoms with Gasteiger partial charge in [-0.05, 0) is 50.4 Å². The Kier molecular flexibility index (Phi) is 7.74. The minimum absolute atomic E-state index is 0.0764. The normalized spacial score (nSPS) is 14.3. The van der Waals surface area contributed by atoms with E-state index in [1.165, 1.54) is 5.56 Å². The highest BCUT2D eigenvalue weighted by atomic mass is 16.5. The van der Waals surface area contributed by atoms with Crippen LogP contribution in [-0.2, 0) is 10.2 Å². The van der Waals surface area contributed by atoms with Crippen molar-refractivity contribution in [2.75, 3.05) is 20.1 Å². The molecular formula is C20H34N2O2. The fourth-order valence-electron chi connectivity index (χ4n) is 2.32. The standard InChI is InChI=1S/C20H34N2O2/c1-8-15(2)22(7)14-13-21-19(23)16(3)24-18-11-9-17(10-12-18)20(4,5)6/h9-12,15-16H,8,13-14H2,1-7H3,(H,21,23)/t15-,16+/m0/s1. The van der Waals surface area contributed by atoms with Crippen LogP contribution in [0.15, 0.2) is 24.3 Å². The van der Waals surface area contributed by atoms with E-state index in [9.17, 15) is 4.79 Å². The van der Waals surface area contributed by atoms with Gasteiger partial charge < -0.3 is 15.0 Å². The van der Waals surface area contributed by atoms with E-state index in [-0.39, 0.29) is 11.3 Å². The highest BCUT2D eigenvalue weighted by Gasteiger charge is 2.16. The van der Waals surface area contributed by atoms with Crippen LogP contribution in [0.5, 0.6) is 5.75 Å². The first-order chi connectivity index (χ1) is 11.1. The van der Waals surface area contributed by atoms with E-state index in [1.807, 2.05) is 12.1 Å². The van der Waals surface area contributed by atoms with Gasteiger partial charge in [0.15, 0.2) is 6.10 Å². The van der Waals surface area contributed by atoms with Crippen LogP contribution in [-0.4, -0.2) is 43.1 Å². The van der Waals surface area contributed by atoms with Crippen LogP contribution in [0.25, 0.3) is 0 Å². The van der Waals surface area contributed by atoms with Gasteiger partial charge in [-0.15, -0.1) is 0 Å². The summed E-state index contributed by atoms with van der Waals surface area (Å²) >= 11 is 0. The van der Waals surface area contributed by atoms with Gasteiger partial charge in [0.2, 0.25) is 0 Å². The maximum absolute atomic E-state index is 12.1. The number of hydrogen-bond donors (Lipinski definition) is 1. The van der Waals surface area contributed by atoms with Crippen molar-refractivity contribution in [2.45, 2.75) is 65.5 Å². The average Bonchev–Trinajstić information content (AvgIpc) is 2.53. The second kappa shape index (κ2) is 9.07. The summed E-state index contributed by atoms with van der Waals surface area (Å²) in [6.07, 6.45) is 0.605.